The normalized spacial score (nSPS) is 14.6. The van der Waals surface area contributed by atoms with Crippen molar-refractivity contribution in [1.82, 2.24) is 5.32 Å². The van der Waals surface area contributed by atoms with E-state index in [-0.39, 0.29) is 6.03 Å². The van der Waals surface area contributed by atoms with Gasteiger partial charge in [0.1, 0.15) is 0 Å². The fraction of sp³-hybridized carbons (Fsp3) is 0.562. The van der Waals surface area contributed by atoms with Crippen LogP contribution in [0, 0.1) is 5.92 Å². The smallest absolute Gasteiger partial charge is 0.319 e. The first-order chi connectivity index (χ1) is 10.1. The molecule has 0 saturated carbocycles. The molecule has 1 aliphatic heterocycles. The molecule has 0 bridgehead atoms. The van der Waals surface area contributed by atoms with E-state index in [9.17, 15) is 4.79 Å². The third-order valence-corrected chi connectivity index (χ3v) is 3.96. The topological polar surface area (TPSA) is 44.4 Å². The molecule has 5 heteroatoms. The Bertz CT molecular complexity index is 484. The van der Waals surface area contributed by atoms with Gasteiger partial charge >= 0.3 is 6.03 Å². The van der Waals surface area contributed by atoms with Crippen LogP contribution in [0.15, 0.2) is 18.2 Å². The summed E-state index contributed by atoms with van der Waals surface area (Å²) in [5.74, 6) is 0.583. The van der Waals surface area contributed by atoms with Gasteiger partial charge in [0.05, 0.1) is 10.7 Å². The van der Waals surface area contributed by atoms with Crippen LogP contribution in [0.25, 0.3) is 0 Å². The van der Waals surface area contributed by atoms with Crippen LogP contribution >= 0.6 is 11.6 Å². The first kappa shape index (κ1) is 16.0. The Balaban J connectivity index is 1.89. The van der Waals surface area contributed by atoms with Crippen molar-refractivity contribution >= 4 is 29.0 Å². The summed E-state index contributed by atoms with van der Waals surface area (Å²) in [6.07, 6.45) is 3.41. The van der Waals surface area contributed by atoms with Gasteiger partial charge in [-0.3, -0.25) is 0 Å². The van der Waals surface area contributed by atoms with Crippen LogP contribution in [0.1, 0.15) is 33.1 Å². The number of hydrogen-bond acceptors (Lipinski definition) is 2. The lowest BCUT2D eigenvalue weighted by Gasteiger charge is -2.19. The molecule has 0 atom stereocenters. The molecule has 4 nitrogen and oxygen atoms in total. The molecule has 2 rings (SSSR count). The number of halogens is 1. The molecule has 2 amide bonds. The zero-order valence-electron chi connectivity index (χ0n) is 12.8. The first-order valence-electron chi connectivity index (χ1n) is 7.65. The Morgan fingerprint density at radius 1 is 1.33 bits per heavy atom. The minimum absolute atomic E-state index is 0.180. The molecular weight excluding hydrogens is 286 g/mol. The van der Waals surface area contributed by atoms with Crippen molar-refractivity contribution in [2.75, 3.05) is 29.9 Å². The fourth-order valence-electron chi connectivity index (χ4n) is 2.45. The third-order valence-electron chi connectivity index (χ3n) is 3.66. The first-order valence-corrected chi connectivity index (χ1v) is 8.03. The average molecular weight is 310 g/mol. The summed E-state index contributed by atoms with van der Waals surface area (Å²) in [4.78, 5) is 14.1. The predicted molar refractivity (Wildman–Crippen MR) is 89.4 cm³/mol. The standard InChI is InChI=1S/C16H24ClN3O/c1-12(2)7-8-18-16(21)19-13-5-6-15(14(17)11-13)20-9-3-4-10-20/h5-6,11-12H,3-4,7-10H2,1-2H3,(H2,18,19,21). The Morgan fingerprint density at radius 3 is 2.67 bits per heavy atom. The molecule has 1 aromatic carbocycles. The summed E-state index contributed by atoms with van der Waals surface area (Å²) in [5, 5.41) is 6.36. The minimum Gasteiger partial charge on any atom is -0.370 e. The monoisotopic (exact) mass is 309 g/mol. The van der Waals surface area contributed by atoms with Crippen LogP contribution in [0.2, 0.25) is 5.02 Å². The number of hydrogen-bond donors (Lipinski definition) is 2. The van der Waals surface area contributed by atoms with Gasteiger partial charge in [0.2, 0.25) is 0 Å². The van der Waals surface area contributed by atoms with Gasteiger partial charge in [0.15, 0.2) is 0 Å². The highest BCUT2D eigenvalue weighted by molar-refractivity contribution is 6.33. The van der Waals surface area contributed by atoms with Crippen molar-refractivity contribution < 1.29 is 4.79 Å². The molecule has 2 N–H and O–H groups in total. The maximum atomic E-state index is 11.8. The van der Waals surface area contributed by atoms with Gasteiger partial charge in [-0.15, -0.1) is 0 Å². The molecule has 0 unspecified atom stereocenters. The van der Waals surface area contributed by atoms with E-state index >= 15 is 0 Å². The van der Waals surface area contributed by atoms with E-state index in [4.69, 9.17) is 11.6 Å². The second-order valence-corrected chi connectivity index (χ2v) is 6.33. The second-order valence-electron chi connectivity index (χ2n) is 5.92. The number of anilines is 2. The van der Waals surface area contributed by atoms with Gasteiger partial charge < -0.3 is 15.5 Å². The molecular formula is C16H24ClN3O. The number of nitrogens with zero attached hydrogens (tertiary/aromatic N) is 1. The highest BCUT2D eigenvalue weighted by Crippen LogP contribution is 2.31. The molecule has 0 spiro atoms. The van der Waals surface area contributed by atoms with E-state index < -0.39 is 0 Å². The molecule has 1 heterocycles. The zero-order chi connectivity index (χ0) is 15.2. The minimum atomic E-state index is -0.180. The van der Waals surface area contributed by atoms with Gasteiger partial charge in [-0.1, -0.05) is 25.4 Å². The van der Waals surface area contributed by atoms with Crippen LogP contribution in [0.3, 0.4) is 0 Å². The van der Waals surface area contributed by atoms with Crippen molar-refractivity contribution in [1.29, 1.82) is 0 Å². The molecule has 116 valence electrons. The fourth-order valence-corrected chi connectivity index (χ4v) is 2.75. The zero-order valence-corrected chi connectivity index (χ0v) is 13.5. The second kappa shape index (κ2) is 7.55. The van der Waals surface area contributed by atoms with E-state index in [1.807, 2.05) is 18.2 Å². The highest BCUT2D eigenvalue weighted by atomic mass is 35.5. The summed E-state index contributed by atoms with van der Waals surface area (Å²) < 4.78 is 0. The number of rotatable bonds is 5. The van der Waals surface area contributed by atoms with Gasteiger partial charge in [-0.05, 0) is 43.4 Å². The molecule has 0 radical (unpaired) electrons. The van der Waals surface area contributed by atoms with Crippen molar-refractivity contribution in [3.8, 4) is 0 Å². The van der Waals surface area contributed by atoms with Crippen LogP contribution in [0.4, 0.5) is 16.2 Å². The summed E-state index contributed by atoms with van der Waals surface area (Å²) in [5.41, 5.74) is 1.78. The van der Waals surface area contributed by atoms with Crippen molar-refractivity contribution in [3.05, 3.63) is 23.2 Å². The number of urea groups is 1. The molecule has 1 saturated heterocycles. The molecule has 1 fully saturated rings. The number of nitrogens with one attached hydrogen (secondary N) is 2. The maximum Gasteiger partial charge on any atom is 0.319 e. The van der Waals surface area contributed by atoms with E-state index in [0.717, 1.165) is 30.9 Å². The average Bonchev–Trinajstić information content (AvgIpc) is 2.92. The lowest BCUT2D eigenvalue weighted by Crippen LogP contribution is -2.30. The Labute approximate surface area is 131 Å². The summed E-state index contributed by atoms with van der Waals surface area (Å²) in [6.45, 7) is 7.07. The lowest BCUT2D eigenvalue weighted by molar-refractivity contribution is 0.251. The number of carbonyl (C=O) groups excluding carboxylic acids is 1. The van der Waals surface area contributed by atoms with Crippen LogP contribution in [-0.2, 0) is 0 Å². The number of benzene rings is 1. The highest BCUT2D eigenvalue weighted by Gasteiger charge is 2.15. The Morgan fingerprint density at radius 2 is 2.05 bits per heavy atom. The van der Waals surface area contributed by atoms with Crippen LogP contribution in [-0.4, -0.2) is 25.7 Å². The van der Waals surface area contributed by atoms with E-state index in [1.54, 1.807) is 0 Å². The maximum absolute atomic E-state index is 11.8. The Kier molecular flexibility index (Phi) is 5.74. The number of carbonyl (C=O) groups is 1. The van der Waals surface area contributed by atoms with Gasteiger partial charge in [0, 0.05) is 25.3 Å². The van der Waals surface area contributed by atoms with E-state index in [2.05, 4.69) is 29.4 Å². The number of amides is 2. The largest absolute Gasteiger partial charge is 0.370 e. The molecule has 1 aliphatic rings. The summed E-state index contributed by atoms with van der Waals surface area (Å²) >= 11 is 6.33. The lowest BCUT2D eigenvalue weighted by atomic mass is 10.1. The molecule has 0 aliphatic carbocycles. The molecule has 1 aromatic rings. The summed E-state index contributed by atoms with van der Waals surface area (Å²) in [6, 6.07) is 5.52. The quantitative estimate of drug-likeness (QED) is 0.859. The van der Waals surface area contributed by atoms with Gasteiger partial charge in [-0.2, -0.15) is 0 Å². The van der Waals surface area contributed by atoms with Crippen LogP contribution in [0.5, 0.6) is 0 Å². The molecule has 21 heavy (non-hydrogen) atoms. The van der Waals surface area contributed by atoms with Crippen LogP contribution < -0.4 is 15.5 Å². The van der Waals surface area contributed by atoms with E-state index in [1.165, 1.54) is 12.8 Å². The molecule has 0 aromatic heterocycles. The van der Waals surface area contributed by atoms with Crippen molar-refractivity contribution in [2.24, 2.45) is 5.92 Å². The van der Waals surface area contributed by atoms with Gasteiger partial charge in [-0.25, -0.2) is 4.79 Å². The van der Waals surface area contributed by atoms with Crippen molar-refractivity contribution in [2.45, 2.75) is 33.1 Å². The van der Waals surface area contributed by atoms with Gasteiger partial charge in [0.25, 0.3) is 0 Å². The van der Waals surface area contributed by atoms with E-state index in [0.29, 0.717) is 17.5 Å². The summed E-state index contributed by atoms with van der Waals surface area (Å²) in [7, 11) is 0. The Hall–Kier alpha value is -1.42. The predicted octanol–water partition coefficient (Wildman–Crippen LogP) is 4.11. The SMILES string of the molecule is CC(C)CCNC(=O)Nc1ccc(N2CCCC2)c(Cl)c1. The van der Waals surface area contributed by atoms with Crippen molar-refractivity contribution in [3.63, 3.8) is 0 Å². The third kappa shape index (κ3) is 4.81.